The monoisotopic (exact) mass is 420 g/mol. The van der Waals surface area contributed by atoms with Gasteiger partial charge in [0.15, 0.2) is 6.61 Å². The Morgan fingerprint density at radius 1 is 1.16 bits per heavy atom. The summed E-state index contributed by atoms with van der Waals surface area (Å²) in [6.45, 7) is 2.29. The SMILES string of the molecule is CCCNC(=O)CN1C(=O)COc2ccc(NC(=O)Cc3c[nH]c4ccccc34)cc21. The predicted molar refractivity (Wildman–Crippen MR) is 118 cm³/mol. The van der Waals surface area contributed by atoms with Gasteiger partial charge in [0, 0.05) is 29.3 Å². The number of ether oxygens (including phenoxy) is 1. The van der Waals surface area contributed by atoms with Crippen LogP contribution < -0.4 is 20.3 Å². The van der Waals surface area contributed by atoms with Gasteiger partial charge in [-0.2, -0.15) is 0 Å². The molecule has 1 aliphatic rings. The topological polar surface area (TPSA) is 104 Å². The summed E-state index contributed by atoms with van der Waals surface area (Å²) in [6, 6.07) is 12.9. The van der Waals surface area contributed by atoms with Gasteiger partial charge in [-0.05, 0) is 36.2 Å². The summed E-state index contributed by atoms with van der Waals surface area (Å²) in [4.78, 5) is 41.7. The fraction of sp³-hybridized carbons (Fsp3) is 0.261. The first-order chi connectivity index (χ1) is 15.0. The molecule has 0 aliphatic carbocycles. The van der Waals surface area contributed by atoms with Crippen molar-refractivity contribution in [1.82, 2.24) is 10.3 Å². The summed E-state index contributed by atoms with van der Waals surface area (Å²) in [5.41, 5.74) is 2.87. The molecule has 3 N–H and O–H groups in total. The van der Waals surface area contributed by atoms with Gasteiger partial charge in [-0.3, -0.25) is 19.3 Å². The summed E-state index contributed by atoms with van der Waals surface area (Å²) in [5.74, 6) is -0.226. The third kappa shape index (κ3) is 4.53. The standard InChI is InChI=1S/C23H24N4O4/c1-2-9-24-22(29)13-27-19-11-16(7-8-20(19)31-14-23(27)30)26-21(28)10-15-12-25-18-6-4-3-5-17(15)18/h3-8,11-12,25H,2,9-10,13-14H2,1H3,(H,24,29)(H,26,28). The van der Waals surface area contributed by atoms with E-state index >= 15 is 0 Å². The van der Waals surface area contributed by atoms with Crippen LogP contribution in [0.4, 0.5) is 11.4 Å². The van der Waals surface area contributed by atoms with E-state index in [0.717, 1.165) is 22.9 Å². The van der Waals surface area contributed by atoms with Gasteiger partial charge in [-0.1, -0.05) is 25.1 Å². The largest absolute Gasteiger partial charge is 0.482 e. The summed E-state index contributed by atoms with van der Waals surface area (Å²) < 4.78 is 5.48. The summed E-state index contributed by atoms with van der Waals surface area (Å²) in [7, 11) is 0. The zero-order chi connectivity index (χ0) is 21.8. The van der Waals surface area contributed by atoms with E-state index in [1.165, 1.54) is 4.90 Å². The lowest BCUT2D eigenvalue weighted by Crippen LogP contribution is -2.45. The Kier molecular flexibility index (Phi) is 5.88. The van der Waals surface area contributed by atoms with E-state index < -0.39 is 0 Å². The van der Waals surface area contributed by atoms with Crippen LogP contribution in [-0.2, 0) is 20.8 Å². The van der Waals surface area contributed by atoms with Gasteiger partial charge in [0.25, 0.3) is 5.91 Å². The lowest BCUT2D eigenvalue weighted by molar-refractivity contribution is -0.125. The molecule has 31 heavy (non-hydrogen) atoms. The lowest BCUT2D eigenvalue weighted by atomic mass is 10.1. The number of aromatic amines is 1. The highest BCUT2D eigenvalue weighted by Gasteiger charge is 2.27. The number of hydrogen-bond donors (Lipinski definition) is 3. The smallest absolute Gasteiger partial charge is 0.265 e. The lowest BCUT2D eigenvalue weighted by Gasteiger charge is -2.29. The molecule has 1 aliphatic heterocycles. The summed E-state index contributed by atoms with van der Waals surface area (Å²) in [5, 5.41) is 6.65. The Hall–Kier alpha value is -3.81. The molecule has 0 unspecified atom stereocenters. The van der Waals surface area contributed by atoms with E-state index in [9.17, 15) is 14.4 Å². The molecule has 0 saturated carbocycles. The van der Waals surface area contributed by atoms with Crippen molar-refractivity contribution in [2.45, 2.75) is 19.8 Å². The van der Waals surface area contributed by atoms with Gasteiger partial charge in [0.1, 0.15) is 12.3 Å². The number of rotatable bonds is 7. The van der Waals surface area contributed by atoms with Crippen molar-refractivity contribution in [2.24, 2.45) is 0 Å². The van der Waals surface area contributed by atoms with Gasteiger partial charge in [-0.15, -0.1) is 0 Å². The number of fused-ring (bicyclic) bond motifs is 2. The number of hydrogen-bond acceptors (Lipinski definition) is 4. The molecule has 0 bridgehead atoms. The van der Waals surface area contributed by atoms with Crippen molar-refractivity contribution >= 4 is 40.0 Å². The molecule has 4 rings (SSSR count). The molecule has 0 atom stereocenters. The summed E-state index contributed by atoms with van der Waals surface area (Å²) >= 11 is 0. The number of benzene rings is 2. The van der Waals surface area contributed by atoms with Gasteiger partial charge in [0.05, 0.1) is 12.1 Å². The zero-order valence-electron chi connectivity index (χ0n) is 17.2. The maximum Gasteiger partial charge on any atom is 0.265 e. The van der Waals surface area contributed by atoms with E-state index in [1.807, 2.05) is 37.4 Å². The molecular weight excluding hydrogens is 396 g/mol. The van der Waals surface area contributed by atoms with Crippen LogP contribution >= 0.6 is 0 Å². The molecule has 8 nitrogen and oxygen atoms in total. The third-order valence-electron chi connectivity index (χ3n) is 5.09. The molecule has 0 fully saturated rings. The van der Waals surface area contributed by atoms with Crippen LogP contribution in [0.5, 0.6) is 5.75 Å². The number of H-pyrrole nitrogens is 1. The van der Waals surface area contributed by atoms with Crippen LogP contribution in [0, 0.1) is 0 Å². The molecule has 3 amide bonds. The van der Waals surface area contributed by atoms with Crippen LogP contribution in [0.1, 0.15) is 18.9 Å². The summed E-state index contributed by atoms with van der Waals surface area (Å²) in [6.07, 6.45) is 2.85. The Labute approximate surface area is 179 Å². The molecule has 1 aromatic heterocycles. The highest BCUT2D eigenvalue weighted by molar-refractivity contribution is 6.03. The molecule has 0 radical (unpaired) electrons. The molecule has 2 heterocycles. The highest BCUT2D eigenvalue weighted by atomic mass is 16.5. The Morgan fingerprint density at radius 2 is 2.00 bits per heavy atom. The second kappa shape index (κ2) is 8.91. The Balaban J connectivity index is 1.49. The van der Waals surface area contributed by atoms with E-state index in [2.05, 4.69) is 15.6 Å². The predicted octanol–water partition coefficient (Wildman–Crippen LogP) is 2.60. The van der Waals surface area contributed by atoms with E-state index in [-0.39, 0.29) is 37.3 Å². The van der Waals surface area contributed by atoms with Gasteiger partial charge in [-0.25, -0.2) is 0 Å². The van der Waals surface area contributed by atoms with E-state index in [1.54, 1.807) is 18.2 Å². The first-order valence-corrected chi connectivity index (χ1v) is 10.2. The Morgan fingerprint density at radius 3 is 2.84 bits per heavy atom. The molecule has 0 saturated heterocycles. The van der Waals surface area contributed by atoms with Crippen LogP contribution in [-0.4, -0.2) is 42.4 Å². The molecular formula is C23H24N4O4. The van der Waals surface area contributed by atoms with Crippen molar-refractivity contribution in [3.8, 4) is 5.75 Å². The zero-order valence-corrected chi connectivity index (χ0v) is 17.2. The number of nitrogens with zero attached hydrogens (tertiary/aromatic N) is 1. The molecule has 0 spiro atoms. The average Bonchev–Trinajstić information content (AvgIpc) is 3.17. The third-order valence-corrected chi connectivity index (χ3v) is 5.09. The minimum Gasteiger partial charge on any atom is -0.482 e. The van der Waals surface area contributed by atoms with Crippen LogP contribution in [0.15, 0.2) is 48.7 Å². The Bertz CT molecular complexity index is 1140. The van der Waals surface area contributed by atoms with Crippen molar-refractivity contribution < 1.29 is 19.1 Å². The number of aromatic nitrogens is 1. The van der Waals surface area contributed by atoms with Gasteiger partial charge < -0.3 is 20.4 Å². The van der Waals surface area contributed by atoms with E-state index in [0.29, 0.717) is 23.7 Å². The maximum atomic E-state index is 12.6. The van der Waals surface area contributed by atoms with Gasteiger partial charge >= 0.3 is 0 Å². The number of nitrogens with one attached hydrogen (secondary N) is 3. The maximum absolute atomic E-state index is 12.6. The number of amides is 3. The van der Waals surface area contributed by atoms with E-state index in [4.69, 9.17) is 4.74 Å². The van der Waals surface area contributed by atoms with Crippen LogP contribution in [0.25, 0.3) is 10.9 Å². The fourth-order valence-corrected chi connectivity index (χ4v) is 3.57. The molecule has 3 aromatic rings. The minimum atomic E-state index is -0.304. The number of carbonyl (C=O) groups excluding carboxylic acids is 3. The van der Waals surface area contributed by atoms with Crippen molar-refractivity contribution in [3.63, 3.8) is 0 Å². The quantitative estimate of drug-likeness (QED) is 0.547. The highest BCUT2D eigenvalue weighted by Crippen LogP contribution is 2.34. The number of para-hydroxylation sites is 1. The van der Waals surface area contributed by atoms with Crippen molar-refractivity contribution in [3.05, 3.63) is 54.2 Å². The number of carbonyl (C=O) groups is 3. The van der Waals surface area contributed by atoms with Crippen LogP contribution in [0.2, 0.25) is 0 Å². The second-order valence-electron chi connectivity index (χ2n) is 7.39. The van der Waals surface area contributed by atoms with Crippen molar-refractivity contribution in [2.75, 3.05) is 29.9 Å². The van der Waals surface area contributed by atoms with Crippen molar-refractivity contribution in [1.29, 1.82) is 0 Å². The second-order valence-corrected chi connectivity index (χ2v) is 7.39. The molecule has 2 aromatic carbocycles. The molecule has 160 valence electrons. The first kappa shape index (κ1) is 20.5. The number of anilines is 2. The minimum absolute atomic E-state index is 0.0953. The normalized spacial score (nSPS) is 12.9. The first-order valence-electron chi connectivity index (χ1n) is 10.2. The van der Waals surface area contributed by atoms with Gasteiger partial charge in [0.2, 0.25) is 11.8 Å². The van der Waals surface area contributed by atoms with Crippen LogP contribution in [0.3, 0.4) is 0 Å². The fourth-order valence-electron chi connectivity index (χ4n) is 3.57. The average molecular weight is 420 g/mol. The molecule has 8 heteroatoms.